The predicted octanol–water partition coefficient (Wildman–Crippen LogP) is 2.97. The summed E-state index contributed by atoms with van der Waals surface area (Å²) in [5, 5.41) is 7.43. The number of fused-ring (bicyclic) bond motifs is 1. The first-order valence-corrected chi connectivity index (χ1v) is 12.5. The molecule has 1 aliphatic heterocycles. The van der Waals surface area contributed by atoms with Gasteiger partial charge in [0.05, 0.1) is 11.9 Å². The van der Waals surface area contributed by atoms with Gasteiger partial charge in [0.15, 0.2) is 0 Å². The zero-order chi connectivity index (χ0) is 25.1. The van der Waals surface area contributed by atoms with Gasteiger partial charge in [-0.2, -0.15) is 5.10 Å². The van der Waals surface area contributed by atoms with Crippen LogP contribution in [0.3, 0.4) is 0 Å². The third kappa shape index (κ3) is 8.93. The average molecular weight is 474 g/mol. The van der Waals surface area contributed by atoms with Crippen LogP contribution in [-0.4, -0.2) is 58.5 Å². The van der Waals surface area contributed by atoms with E-state index in [2.05, 4.69) is 22.3 Å². The largest absolute Gasteiger partial charge is 0.387 e. The van der Waals surface area contributed by atoms with Crippen molar-refractivity contribution in [3.63, 3.8) is 0 Å². The molecule has 5 N–H and O–H groups in total. The number of unbranched alkanes of at least 4 members (excludes halogenated alkanes) is 2. The number of nitrogens with two attached hydrogens (primary N) is 2. The summed E-state index contributed by atoms with van der Waals surface area (Å²) in [6.07, 6.45) is 8.92. The second-order valence-electron chi connectivity index (χ2n) is 10.2. The molecule has 0 aliphatic carbocycles. The molecule has 34 heavy (non-hydrogen) atoms. The Kier molecular flexibility index (Phi) is 10.8. The highest BCUT2D eigenvalue weighted by Crippen LogP contribution is 2.27. The van der Waals surface area contributed by atoms with E-state index in [4.69, 9.17) is 11.5 Å². The number of rotatable bonds is 13. The quantitative estimate of drug-likeness (QED) is 0.379. The molecule has 1 aliphatic rings. The van der Waals surface area contributed by atoms with Gasteiger partial charge in [-0.05, 0) is 43.7 Å². The van der Waals surface area contributed by atoms with Gasteiger partial charge in [0.2, 0.25) is 11.8 Å². The SMILES string of the molecule is CCCN(CCCNC(=O)CC(C)(C)C)C(=O)C1=Cc2c(cnn2CCCCCN)N=C(N)C1. The smallest absolute Gasteiger partial charge is 0.250 e. The number of nitrogens with one attached hydrogen (secondary N) is 1. The normalized spacial score (nSPS) is 13.6. The zero-order valence-electron chi connectivity index (χ0n) is 21.4. The molecule has 1 aromatic rings. The maximum atomic E-state index is 13.5. The van der Waals surface area contributed by atoms with E-state index in [0.717, 1.165) is 37.9 Å². The van der Waals surface area contributed by atoms with Crippen molar-refractivity contribution in [2.24, 2.45) is 21.9 Å². The van der Waals surface area contributed by atoms with Gasteiger partial charge in [0, 0.05) is 44.6 Å². The van der Waals surface area contributed by atoms with Gasteiger partial charge in [-0.15, -0.1) is 0 Å². The Labute approximate surface area is 204 Å². The summed E-state index contributed by atoms with van der Waals surface area (Å²) in [5.74, 6) is 0.417. The summed E-state index contributed by atoms with van der Waals surface area (Å²) in [6, 6.07) is 0. The predicted molar refractivity (Wildman–Crippen MR) is 138 cm³/mol. The number of aromatic nitrogens is 2. The number of hydrogen-bond donors (Lipinski definition) is 3. The fourth-order valence-electron chi connectivity index (χ4n) is 3.95. The maximum absolute atomic E-state index is 13.5. The summed E-state index contributed by atoms with van der Waals surface area (Å²) < 4.78 is 1.90. The lowest BCUT2D eigenvalue weighted by Gasteiger charge is -2.24. The average Bonchev–Trinajstić information content (AvgIpc) is 3.02. The van der Waals surface area contributed by atoms with Gasteiger partial charge in [0.1, 0.15) is 11.5 Å². The fourth-order valence-corrected chi connectivity index (χ4v) is 3.95. The van der Waals surface area contributed by atoms with Crippen LogP contribution >= 0.6 is 0 Å². The summed E-state index contributed by atoms with van der Waals surface area (Å²) >= 11 is 0. The molecule has 2 amide bonds. The molecular formula is C25H43N7O2. The molecule has 0 bridgehead atoms. The topological polar surface area (TPSA) is 132 Å². The lowest BCUT2D eigenvalue weighted by molar-refractivity contribution is -0.127. The van der Waals surface area contributed by atoms with Crippen LogP contribution in [0, 0.1) is 5.41 Å². The number of amidine groups is 1. The Hall–Kier alpha value is -2.68. The first-order valence-electron chi connectivity index (χ1n) is 12.5. The Morgan fingerprint density at radius 3 is 2.62 bits per heavy atom. The van der Waals surface area contributed by atoms with E-state index in [1.165, 1.54) is 0 Å². The van der Waals surface area contributed by atoms with Crippen LogP contribution in [-0.2, 0) is 16.1 Å². The molecule has 1 aromatic heterocycles. The van der Waals surface area contributed by atoms with Crippen LogP contribution in [0.4, 0.5) is 5.69 Å². The fraction of sp³-hybridized carbons (Fsp3) is 0.680. The molecule has 0 unspecified atom stereocenters. The molecule has 9 nitrogen and oxygen atoms in total. The van der Waals surface area contributed by atoms with Crippen molar-refractivity contribution in [1.29, 1.82) is 0 Å². The van der Waals surface area contributed by atoms with Gasteiger partial charge >= 0.3 is 0 Å². The third-order valence-electron chi connectivity index (χ3n) is 5.55. The van der Waals surface area contributed by atoms with E-state index >= 15 is 0 Å². The van der Waals surface area contributed by atoms with Crippen molar-refractivity contribution in [2.75, 3.05) is 26.2 Å². The zero-order valence-corrected chi connectivity index (χ0v) is 21.4. The van der Waals surface area contributed by atoms with Gasteiger partial charge in [-0.3, -0.25) is 14.3 Å². The molecule has 0 atom stereocenters. The van der Waals surface area contributed by atoms with E-state index in [-0.39, 0.29) is 17.2 Å². The molecule has 2 rings (SSSR count). The first kappa shape index (κ1) is 27.6. The lowest BCUT2D eigenvalue weighted by atomic mass is 9.92. The second-order valence-corrected chi connectivity index (χ2v) is 10.2. The van der Waals surface area contributed by atoms with Gasteiger partial charge in [-0.1, -0.05) is 34.1 Å². The lowest BCUT2D eigenvalue weighted by Crippen LogP contribution is -2.37. The first-order chi connectivity index (χ1) is 16.1. The number of carbonyl (C=O) groups is 2. The van der Waals surface area contributed by atoms with Crippen LogP contribution in [0.2, 0.25) is 0 Å². The Bertz CT molecular complexity index is 880. The molecular weight excluding hydrogens is 430 g/mol. The Balaban J connectivity index is 2.06. The van der Waals surface area contributed by atoms with Gasteiger partial charge < -0.3 is 21.7 Å². The summed E-state index contributed by atoms with van der Waals surface area (Å²) in [7, 11) is 0. The minimum Gasteiger partial charge on any atom is -0.387 e. The summed E-state index contributed by atoms with van der Waals surface area (Å²) in [4.78, 5) is 31.9. The van der Waals surface area contributed by atoms with Crippen molar-refractivity contribution < 1.29 is 9.59 Å². The van der Waals surface area contributed by atoms with Crippen LogP contribution in [0.1, 0.15) is 78.3 Å². The molecule has 0 aromatic carbocycles. The summed E-state index contributed by atoms with van der Waals surface area (Å²) in [6.45, 7) is 11.4. The van der Waals surface area contributed by atoms with Crippen molar-refractivity contribution in [2.45, 2.75) is 79.2 Å². The number of nitrogens with zero attached hydrogens (tertiary/aromatic N) is 4. The third-order valence-corrected chi connectivity index (χ3v) is 5.55. The minimum atomic E-state index is -0.0441. The number of carbonyl (C=O) groups excluding carboxylic acids is 2. The molecule has 0 spiro atoms. The second kappa shape index (κ2) is 13.3. The number of aliphatic imine (C=N–C) groups is 1. The molecule has 9 heteroatoms. The van der Waals surface area contributed by atoms with Crippen LogP contribution in [0.5, 0.6) is 0 Å². The van der Waals surface area contributed by atoms with Crippen LogP contribution in [0.15, 0.2) is 16.8 Å². The van der Waals surface area contributed by atoms with Gasteiger partial charge in [-0.25, -0.2) is 4.99 Å². The molecule has 0 fully saturated rings. The molecule has 0 saturated heterocycles. The number of amides is 2. The van der Waals surface area contributed by atoms with E-state index in [9.17, 15) is 9.59 Å². The van der Waals surface area contributed by atoms with E-state index in [1.807, 2.05) is 36.4 Å². The Morgan fingerprint density at radius 2 is 1.94 bits per heavy atom. The van der Waals surface area contributed by atoms with Crippen LogP contribution < -0.4 is 16.8 Å². The van der Waals surface area contributed by atoms with E-state index in [0.29, 0.717) is 62.5 Å². The van der Waals surface area contributed by atoms with Crippen molar-refractivity contribution in [3.8, 4) is 0 Å². The molecule has 0 saturated carbocycles. The maximum Gasteiger partial charge on any atom is 0.250 e. The van der Waals surface area contributed by atoms with Crippen molar-refractivity contribution in [3.05, 3.63) is 17.5 Å². The molecule has 190 valence electrons. The number of aryl methyl sites for hydroxylation is 1. The van der Waals surface area contributed by atoms with E-state index < -0.39 is 0 Å². The standard InChI is InChI=1S/C25H43N7O2/c1-5-12-31(13-9-11-28-23(33)17-25(2,3)4)24(34)19-15-21-20(30-22(27)16-19)18-29-32(21)14-8-6-7-10-26/h15,18H,5-14,16-17,26H2,1-4H3,(H2,27,30)(H,28,33). The minimum absolute atomic E-state index is 0.0373. The molecule has 0 radical (unpaired) electrons. The van der Waals surface area contributed by atoms with Crippen molar-refractivity contribution in [1.82, 2.24) is 20.0 Å². The van der Waals surface area contributed by atoms with Crippen molar-refractivity contribution >= 4 is 29.4 Å². The summed E-state index contributed by atoms with van der Waals surface area (Å²) in [5.41, 5.74) is 13.8. The van der Waals surface area contributed by atoms with E-state index in [1.54, 1.807) is 6.20 Å². The highest BCUT2D eigenvalue weighted by atomic mass is 16.2. The highest BCUT2D eigenvalue weighted by Gasteiger charge is 2.23. The monoisotopic (exact) mass is 473 g/mol. The molecule has 2 heterocycles. The van der Waals surface area contributed by atoms with Crippen LogP contribution in [0.25, 0.3) is 6.08 Å². The highest BCUT2D eigenvalue weighted by molar-refractivity contribution is 6.05. The Morgan fingerprint density at radius 1 is 1.18 bits per heavy atom. The van der Waals surface area contributed by atoms with Gasteiger partial charge in [0.25, 0.3) is 0 Å². The number of hydrogen-bond acceptors (Lipinski definition) is 6.